The number of nitrogens with one attached hydrogen (secondary N) is 1. The number of hydrogen-bond donors (Lipinski definition) is 1. The Kier molecular flexibility index (Phi) is 6.08. The number of piperazine rings is 1. The van der Waals surface area contributed by atoms with Gasteiger partial charge in [-0.15, -0.1) is 0 Å². The molecule has 1 heterocycles. The van der Waals surface area contributed by atoms with Crippen molar-refractivity contribution in [2.45, 2.75) is 6.92 Å². The number of nitrogens with zero attached hydrogens (tertiary/aromatic N) is 2. The zero-order chi connectivity index (χ0) is 19.2. The van der Waals surface area contributed by atoms with Gasteiger partial charge in [0.15, 0.2) is 6.61 Å². The Morgan fingerprint density at radius 1 is 1.04 bits per heavy atom. The van der Waals surface area contributed by atoms with E-state index in [1.807, 2.05) is 36.1 Å². The normalized spacial score (nSPS) is 14.7. The molecule has 3 rings (SSSR count). The first kappa shape index (κ1) is 18.9. The van der Waals surface area contributed by atoms with Crippen LogP contribution in [0, 0.1) is 6.92 Å². The second kappa shape index (κ2) is 8.68. The van der Waals surface area contributed by atoms with E-state index in [0.717, 1.165) is 31.7 Å². The number of amides is 2. The van der Waals surface area contributed by atoms with Crippen molar-refractivity contribution in [2.75, 3.05) is 45.2 Å². The second-order valence-corrected chi connectivity index (χ2v) is 6.83. The van der Waals surface area contributed by atoms with E-state index in [1.54, 1.807) is 24.3 Å². The van der Waals surface area contributed by atoms with E-state index in [2.05, 4.69) is 17.3 Å². The molecule has 2 aromatic rings. The fourth-order valence-electron chi connectivity index (χ4n) is 2.94. The molecule has 6 nitrogen and oxygen atoms in total. The highest BCUT2D eigenvalue weighted by molar-refractivity contribution is 5.96. The lowest BCUT2D eigenvalue weighted by molar-refractivity contribution is -0.118. The number of ether oxygens (including phenoxy) is 1. The minimum absolute atomic E-state index is 0.0313. The summed E-state index contributed by atoms with van der Waals surface area (Å²) >= 11 is 0. The lowest BCUT2D eigenvalue weighted by Crippen LogP contribution is -2.47. The molecule has 1 aliphatic heterocycles. The molecule has 0 bridgehead atoms. The highest BCUT2D eigenvalue weighted by Gasteiger charge is 2.20. The fraction of sp³-hybridized carbons (Fsp3) is 0.333. The molecular formula is C21H25N3O3. The van der Waals surface area contributed by atoms with Crippen LogP contribution in [0.1, 0.15) is 15.9 Å². The minimum Gasteiger partial charge on any atom is -0.484 e. The maximum atomic E-state index is 12.5. The van der Waals surface area contributed by atoms with E-state index in [4.69, 9.17) is 4.74 Å². The standard InChI is InChI=1S/C21H25N3O3/c1-16-4-3-5-19(14-16)27-15-20(25)22-18-8-6-17(7-9-18)21(26)24-12-10-23(2)11-13-24/h3-9,14H,10-13,15H2,1-2H3,(H,22,25). The van der Waals surface area contributed by atoms with Crippen molar-refractivity contribution in [1.29, 1.82) is 0 Å². The van der Waals surface area contributed by atoms with E-state index in [0.29, 0.717) is 17.0 Å². The molecule has 2 aromatic carbocycles. The first-order chi connectivity index (χ1) is 13.0. The van der Waals surface area contributed by atoms with E-state index in [1.165, 1.54) is 0 Å². The van der Waals surface area contributed by atoms with Crippen molar-refractivity contribution in [2.24, 2.45) is 0 Å². The quantitative estimate of drug-likeness (QED) is 0.882. The lowest BCUT2D eigenvalue weighted by atomic mass is 10.1. The van der Waals surface area contributed by atoms with Gasteiger partial charge in [0.05, 0.1) is 0 Å². The third-order valence-electron chi connectivity index (χ3n) is 4.57. The van der Waals surface area contributed by atoms with Crippen LogP contribution >= 0.6 is 0 Å². The zero-order valence-electron chi connectivity index (χ0n) is 15.8. The molecule has 0 aliphatic carbocycles. The molecule has 1 saturated heterocycles. The number of aryl methyl sites for hydroxylation is 1. The summed E-state index contributed by atoms with van der Waals surface area (Å²) in [5.41, 5.74) is 2.35. The third kappa shape index (κ3) is 5.31. The second-order valence-electron chi connectivity index (χ2n) is 6.83. The first-order valence-electron chi connectivity index (χ1n) is 9.08. The monoisotopic (exact) mass is 367 g/mol. The highest BCUT2D eigenvalue weighted by atomic mass is 16.5. The Morgan fingerprint density at radius 3 is 2.41 bits per heavy atom. The summed E-state index contributed by atoms with van der Waals surface area (Å²) in [6.07, 6.45) is 0. The van der Waals surface area contributed by atoms with E-state index in [9.17, 15) is 9.59 Å². The van der Waals surface area contributed by atoms with Crippen LogP contribution in [0.5, 0.6) is 5.75 Å². The summed E-state index contributed by atoms with van der Waals surface area (Å²) in [5, 5.41) is 2.78. The summed E-state index contributed by atoms with van der Waals surface area (Å²) in [6.45, 7) is 5.17. The average Bonchev–Trinajstić information content (AvgIpc) is 2.67. The van der Waals surface area contributed by atoms with Gasteiger partial charge in [-0.05, 0) is 55.9 Å². The van der Waals surface area contributed by atoms with Crippen molar-refractivity contribution in [1.82, 2.24) is 9.80 Å². The largest absolute Gasteiger partial charge is 0.484 e. The van der Waals surface area contributed by atoms with E-state index < -0.39 is 0 Å². The molecule has 27 heavy (non-hydrogen) atoms. The average molecular weight is 367 g/mol. The molecular weight excluding hydrogens is 342 g/mol. The third-order valence-corrected chi connectivity index (χ3v) is 4.57. The lowest BCUT2D eigenvalue weighted by Gasteiger charge is -2.32. The number of carbonyl (C=O) groups excluding carboxylic acids is 2. The minimum atomic E-state index is -0.241. The molecule has 1 aliphatic rings. The van der Waals surface area contributed by atoms with E-state index >= 15 is 0 Å². The number of benzene rings is 2. The van der Waals surface area contributed by atoms with Gasteiger partial charge in [-0.3, -0.25) is 9.59 Å². The maximum absolute atomic E-state index is 12.5. The van der Waals surface area contributed by atoms with Gasteiger partial charge in [0.2, 0.25) is 0 Å². The predicted molar refractivity (Wildman–Crippen MR) is 105 cm³/mol. The van der Waals surface area contributed by atoms with Crippen LogP contribution in [0.4, 0.5) is 5.69 Å². The van der Waals surface area contributed by atoms with Crippen LogP contribution in [-0.4, -0.2) is 61.4 Å². The van der Waals surface area contributed by atoms with Crippen molar-refractivity contribution in [3.8, 4) is 5.75 Å². The van der Waals surface area contributed by atoms with Crippen molar-refractivity contribution >= 4 is 17.5 Å². The Bertz CT molecular complexity index is 797. The maximum Gasteiger partial charge on any atom is 0.262 e. The Balaban J connectivity index is 1.51. The van der Waals surface area contributed by atoms with Crippen LogP contribution in [0.15, 0.2) is 48.5 Å². The zero-order valence-corrected chi connectivity index (χ0v) is 15.8. The molecule has 142 valence electrons. The first-order valence-corrected chi connectivity index (χ1v) is 9.08. The topological polar surface area (TPSA) is 61.9 Å². The van der Waals surface area contributed by atoms with Gasteiger partial charge in [0.1, 0.15) is 5.75 Å². The molecule has 0 atom stereocenters. The van der Waals surface area contributed by atoms with Crippen LogP contribution in [0.3, 0.4) is 0 Å². The summed E-state index contributed by atoms with van der Waals surface area (Å²) in [4.78, 5) is 28.7. The molecule has 0 spiro atoms. The molecule has 0 aromatic heterocycles. The Hall–Kier alpha value is -2.86. The summed E-state index contributed by atoms with van der Waals surface area (Å²) in [7, 11) is 2.06. The van der Waals surface area contributed by atoms with Gasteiger partial charge in [0, 0.05) is 37.4 Å². The van der Waals surface area contributed by atoms with Gasteiger partial charge in [-0.1, -0.05) is 12.1 Å². The molecule has 1 N–H and O–H groups in total. The van der Waals surface area contributed by atoms with Crippen molar-refractivity contribution in [3.63, 3.8) is 0 Å². The van der Waals surface area contributed by atoms with Gasteiger partial charge in [-0.25, -0.2) is 0 Å². The van der Waals surface area contributed by atoms with Gasteiger partial charge >= 0.3 is 0 Å². The SMILES string of the molecule is Cc1cccc(OCC(=O)Nc2ccc(C(=O)N3CCN(C)CC3)cc2)c1. The Labute approximate surface area is 159 Å². The molecule has 0 radical (unpaired) electrons. The number of anilines is 1. The summed E-state index contributed by atoms with van der Waals surface area (Å²) < 4.78 is 5.49. The smallest absolute Gasteiger partial charge is 0.262 e. The molecule has 0 unspecified atom stereocenters. The van der Waals surface area contributed by atoms with Gasteiger partial charge in [-0.2, -0.15) is 0 Å². The van der Waals surface area contributed by atoms with Crippen LogP contribution < -0.4 is 10.1 Å². The molecule has 0 saturated carbocycles. The molecule has 6 heteroatoms. The summed E-state index contributed by atoms with van der Waals surface area (Å²) in [6, 6.07) is 14.5. The van der Waals surface area contributed by atoms with E-state index in [-0.39, 0.29) is 18.4 Å². The van der Waals surface area contributed by atoms with Gasteiger partial charge in [0.25, 0.3) is 11.8 Å². The highest BCUT2D eigenvalue weighted by Crippen LogP contribution is 2.14. The molecule has 1 fully saturated rings. The van der Waals surface area contributed by atoms with Crippen molar-refractivity contribution < 1.29 is 14.3 Å². The number of likely N-dealkylation sites (N-methyl/N-ethyl adjacent to an activating group) is 1. The number of rotatable bonds is 5. The van der Waals surface area contributed by atoms with Crippen LogP contribution in [0.25, 0.3) is 0 Å². The Morgan fingerprint density at radius 2 is 1.74 bits per heavy atom. The number of hydrogen-bond acceptors (Lipinski definition) is 4. The van der Waals surface area contributed by atoms with Gasteiger partial charge < -0.3 is 19.9 Å². The van der Waals surface area contributed by atoms with Crippen molar-refractivity contribution in [3.05, 3.63) is 59.7 Å². The van der Waals surface area contributed by atoms with Crippen LogP contribution in [0.2, 0.25) is 0 Å². The predicted octanol–water partition coefficient (Wildman–Crippen LogP) is 2.40. The van der Waals surface area contributed by atoms with Crippen LogP contribution in [-0.2, 0) is 4.79 Å². The summed E-state index contributed by atoms with van der Waals surface area (Å²) in [5.74, 6) is 0.455. The fourth-order valence-corrected chi connectivity index (χ4v) is 2.94. The molecule has 2 amide bonds. The number of carbonyl (C=O) groups is 2.